The summed E-state index contributed by atoms with van der Waals surface area (Å²) in [6.45, 7) is 4.07. The zero-order chi connectivity index (χ0) is 17.0. The van der Waals surface area contributed by atoms with Crippen molar-refractivity contribution in [2.24, 2.45) is 0 Å². The third-order valence-corrected chi connectivity index (χ3v) is 3.57. The van der Waals surface area contributed by atoms with Gasteiger partial charge >= 0.3 is 5.97 Å². The number of phenolic OH excluding ortho intramolecular Hbond substituents is 1. The Kier molecular flexibility index (Phi) is 4.90. The Hall–Kier alpha value is -2.96. The van der Waals surface area contributed by atoms with Gasteiger partial charge in [0, 0.05) is 12.4 Å². The van der Waals surface area contributed by atoms with Crippen molar-refractivity contribution in [1.29, 1.82) is 0 Å². The second-order valence-electron chi connectivity index (χ2n) is 5.10. The molecule has 0 saturated heterocycles. The number of amides is 1. The molecular formula is C16H17N3O4. The molecule has 1 amide bonds. The number of anilines is 1. The first kappa shape index (κ1) is 16.4. The van der Waals surface area contributed by atoms with Crippen LogP contribution in [0.5, 0.6) is 5.75 Å². The van der Waals surface area contributed by atoms with Gasteiger partial charge in [0.15, 0.2) is 11.4 Å². The summed E-state index contributed by atoms with van der Waals surface area (Å²) in [5, 5.41) is 21.4. The van der Waals surface area contributed by atoms with E-state index in [1.54, 1.807) is 12.1 Å². The molecule has 1 aromatic carbocycles. The summed E-state index contributed by atoms with van der Waals surface area (Å²) in [5.74, 6) is -1.93. The summed E-state index contributed by atoms with van der Waals surface area (Å²) in [6, 6.07) is 4.94. The molecule has 1 unspecified atom stereocenters. The van der Waals surface area contributed by atoms with Gasteiger partial charge in [-0.2, -0.15) is 0 Å². The monoisotopic (exact) mass is 315 g/mol. The lowest BCUT2D eigenvalue weighted by atomic mass is 9.98. The van der Waals surface area contributed by atoms with Crippen molar-refractivity contribution < 1.29 is 19.8 Å². The molecule has 0 aliphatic heterocycles. The van der Waals surface area contributed by atoms with Crippen LogP contribution in [0, 0.1) is 0 Å². The number of rotatable bonds is 5. The molecule has 2 rings (SSSR count). The minimum absolute atomic E-state index is 0.105. The summed E-state index contributed by atoms with van der Waals surface area (Å²) in [7, 11) is 0. The number of nitrogens with one attached hydrogen (secondary N) is 1. The number of carboxylic acid groups (broad SMARTS) is 1. The smallest absolute Gasteiger partial charge is 0.356 e. The van der Waals surface area contributed by atoms with Crippen LogP contribution in [0.25, 0.3) is 0 Å². The molecule has 0 fully saturated rings. The highest BCUT2D eigenvalue weighted by Crippen LogP contribution is 2.29. The van der Waals surface area contributed by atoms with Crippen LogP contribution in [0.4, 0.5) is 5.69 Å². The molecule has 0 aliphatic carbocycles. The van der Waals surface area contributed by atoms with Gasteiger partial charge in [-0.15, -0.1) is 0 Å². The maximum absolute atomic E-state index is 12.3. The van der Waals surface area contributed by atoms with Crippen molar-refractivity contribution in [1.82, 2.24) is 9.97 Å². The molecule has 23 heavy (non-hydrogen) atoms. The van der Waals surface area contributed by atoms with Gasteiger partial charge in [-0.25, -0.2) is 14.8 Å². The first-order valence-electron chi connectivity index (χ1n) is 7.12. The number of carbonyl (C=O) groups excluding carboxylic acids is 1. The fourth-order valence-corrected chi connectivity index (χ4v) is 2.04. The average Bonchev–Trinajstić information content (AvgIpc) is 2.56. The highest BCUT2D eigenvalue weighted by Gasteiger charge is 2.20. The third-order valence-electron chi connectivity index (χ3n) is 3.57. The fourth-order valence-electron chi connectivity index (χ4n) is 2.04. The van der Waals surface area contributed by atoms with E-state index in [4.69, 9.17) is 5.11 Å². The molecule has 0 spiro atoms. The normalized spacial score (nSPS) is 11.7. The molecule has 1 heterocycles. The first-order chi connectivity index (χ1) is 10.9. The maximum Gasteiger partial charge on any atom is 0.356 e. The van der Waals surface area contributed by atoms with E-state index in [1.165, 1.54) is 18.5 Å². The fraction of sp³-hybridized carbons (Fsp3) is 0.250. The van der Waals surface area contributed by atoms with Gasteiger partial charge in [-0.3, -0.25) is 4.79 Å². The van der Waals surface area contributed by atoms with E-state index in [9.17, 15) is 14.7 Å². The predicted molar refractivity (Wildman–Crippen MR) is 83.8 cm³/mol. The quantitative estimate of drug-likeness (QED) is 0.731. The molecule has 1 aromatic heterocycles. The molecule has 0 aliphatic rings. The molecule has 0 bridgehead atoms. The van der Waals surface area contributed by atoms with Crippen LogP contribution in [0.15, 0.2) is 30.6 Å². The molecular weight excluding hydrogens is 298 g/mol. The number of phenols is 1. The summed E-state index contributed by atoms with van der Waals surface area (Å²) >= 11 is 0. The van der Waals surface area contributed by atoms with Crippen LogP contribution >= 0.6 is 0 Å². The topological polar surface area (TPSA) is 112 Å². The Balaban J connectivity index is 2.32. The van der Waals surface area contributed by atoms with E-state index >= 15 is 0 Å². The van der Waals surface area contributed by atoms with Gasteiger partial charge in [0.1, 0.15) is 5.75 Å². The number of hydrogen-bond acceptors (Lipinski definition) is 5. The number of nitrogens with zero attached hydrogens (tertiary/aromatic N) is 2. The Morgan fingerprint density at radius 2 is 1.87 bits per heavy atom. The van der Waals surface area contributed by atoms with Crippen molar-refractivity contribution in [3.8, 4) is 5.75 Å². The van der Waals surface area contributed by atoms with E-state index in [0.29, 0.717) is 0 Å². The number of carbonyl (C=O) groups is 2. The number of hydrogen-bond donors (Lipinski definition) is 3. The lowest BCUT2D eigenvalue weighted by Gasteiger charge is -2.13. The van der Waals surface area contributed by atoms with Crippen molar-refractivity contribution in [2.75, 3.05) is 5.32 Å². The van der Waals surface area contributed by atoms with Crippen LogP contribution in [0.3, 0.4) is 0 Å². The molecule has 1 atom stereocenters. The number of benzene rings is 1. The average molecular weight is 315 g/mol. The summed E-state index contributed by atoms with van der Waals surface area (Å²) in [6.07, 6.45) is 3.34. The second-order valence-corrected chi connectivity index (χ2v) is 5.10. The maximum atomic E-state index is 12.3. The number of aromatic hydroxyl groups is 1. The lowest BCUT2D eigenvalue weighted by Crippen LogP contribution is -2.19. The van der Waals surface area contributed by atoms with E-state index in [2.05, 4.69) is 15.3 Å². The van der Waals surface area contributed by atoms with Crippen molar-refractivity contribution in [3.63, 3.8) is 0 Å². The summed E-state index contributed by atoms with van der Waals surface area (Å²) < 4.78 is 0. The number of carboxylic acids is 1. The standard InChI is InChI=1S/C16H17N3O4/c1-3-9(2)10-4-5-12(20)11(8-10)19-15(21)13-14(16(22)23)18-7-6-17-13/h4-9,20H,3H2,1-2H3,(H,19,21)(H,22,23). The van der Waals surface area contributed by atoms with Crippen molar-refractivity contribution in [3.05, 3.63) is 47.5 Å². The Bertz CT molecular complexity index is 746. The van der Waals surface area contributed by atoms with Gasteiger partial charge in [-0.1, -0.05) is 19.9 Å². The van der Waals surface area contributed by atoms with Crippen LogP contribution in [-0.2, 0) is 0 Å². The third kappa shape index (κ3) is 3.63. The van der Waals surface area contributed by atoms with Crippen LogP contribution in [0.1, 0.15) is 52.7 Å². The molecule has 3 N–H and O–H groups in total. The first-order valence-corrected chi connectivity index (χ1v) is 7.12. The van der Waals surface area contributed by atoms with Crippen LogP contribution in [0.2, 0.25) is 0 Å². The van der Waals surface area contributed by atoms with Crippen molar-refractivity contribution in [2.45, 2.75) is 26.2 Å². The minimum atomic E-state index is -1.35. The van der Waals surface area contributed by atoms with Crippen molar-refractivity contribution >= 4 is 17.6 Å². The minimum Gasteiger partial charge on any atom is -0.506 e. The van der Waals surface area contributed by atoms with Gasteiger partial charge in [0.25, 0.3) is 5.91 Å². The van der Waals surface area contributed by atoms with E-state index in [0.717, 1.165) is 12.0 Å². The second kappa shape index (κ2) is 6.87. The Morgan fingerprint density at radius 1 is 1.22 bits per heavy atom. The van der Waals surface area contributed by atoms with E-state index < -0.39 is 17.6 Å². The van der Waals surface area contributed by atoms with Gasteiger partial charge < -0.3 is 15.5 Å². The summed E-state index contributed by atoms with van der Waals surface area (Å²) in [4.78, 5) is 30.7. The Morgan fingerprint density at radius 3 is 2.48 bits per heavy atom. The number of aromatic carboxylic acids is 1. The Labute approximate surface area is 133 Å². The van der Waals surface area contributed by atoms with Gasteiger partial charge in [-0.05, 0) is 30.0 Å². The SMILES string of the molecule is CCC(C)c1ccc(O)c(NC(=O)c2nccnc2C(=O)O)c1. The lowest BCUT2D eigenvalue weighted by molar-refractivity contribution is 0.0685. The zero-order valence-corrected chi connectivity index (χ0v) is 12.8. The molecule has 2 aromatic rings. The largest absolute Gasteiger partial charge is 0.506 e. The molecule has 7 nitrogen and oxygen atoms in total. The molecule has 0 radical (unpaired) electrons. The predicted octanol–water partition coefficient (Wildman–Crippen LogP) is 2.65. The van der Waals surface area contributed by atoms with Crippen LogP contribution < -0.4 is 5.32 Å². The highest BCUT2D eigenvalue weighted by molar-refractivity contribution is 6.09. The van der Waals surface area contributed by atoms with Gasteiger partial charge in [0.2, 0.25) is 0 Å². The summed E-state index contributed by atoms with van der Waals surface area (Å²) in [5.41, 5.74) is 0.406. The highest BCUT2D eigenvalue weighted by atomic mass is 16.4. The van der Waals surface area contributed by atoms with E-state index in [-0.39, 0.29) is 23.0 Å². The van der Waals surface area contributed by atoms with Crippen LogP contribution in [-0.4, -0.2) is 32.1 Å². The van der Waals surface area contributed by atoms with E-state index in [1.807, 2.05) is 13.8 Å². The molecule has 120 valence electrons. The molecule has 7 heteroatoms. The molecule has 0 saturated carbocycles. The zero-order valence-electron chi connectivity index (χ0n) is 12.8. The number of aromatic nitrogens is 2. The van der Waals surface area contributed by atoms with Gasteiger partial charge in [0.05, 0.1) is 5.69 Å².